The maximum Gasteiger partial charge on any atom is 0.263 e. The van der Waals surface area contributed by atoms with Gasteiger partial charge in [-0.1, -0.05) is 103 Å². The number of amides is 1. The molecule has 0 spiro atoms. The third kappa shape index (κ3) is 13.4. The maximum absolute atomic E-state index is 12.1. The Morgan fingerprint density at radius 1 is 0.867 bits per heavy atom. The van der Waals surface area contributed by atoms with Crippen molar-refractivity contribution in [1.82, 2.24) is 5.32 Å². The fourth-order valence-corrected chi connectivity index (χ4v) is 5.65. The zero-order valence-electron chi connectivity index (χ0n) is 18.8. The Kier molecular flexibility index (Phi) is 17.0. The Bertz CT molecular complexity index is 570. The molecule has 170 valence electrons. The highest BCUT2D eigenvalue weighted by Gasteiger charge is 2.24. The van der Waals surface area contributed by atoms with Crippen LogP contribution in [0.2, 0.25) is 0 Å². The van der Waals surface area contributed by atoms with Crippen molar-refractivity contribution in [3.05, 3.63) is 9.81 Å². The Hall–Kier alpha value is -0.930. The molecular formula is C24H40N2O2S2. The molecule has 0 aromatic rings. The molecule has 0 radical (unpaired) electrons. The number of rotatable bonds is 18. The zero-order valence-corrected chi connectivity index (χ0v) is 20.4. The van der Waals surface area contributed by atoms with Crippen molar-refractivity contribution in [2.24, 2.45) is 0 Å². The second-order valence-electron chi connectivity index (χ2n) is 8.10. The van der Waals surface area contributed by atoms with Gasteiger partial charge in [-0.3, -0.25) is 9.59 Å². The predicted molar refractivity (Wildman–Crippen MR) is 130 cm³/mol. The highest BCUT2D eigenvalue weighted by molar-refractivity contribution is 8.34. The first-order valence-electron chi connectivity index (χ1n) is 11.9. The van der Waals surface area contributed by atoms with Gasteiger partial charge in [0.1, 0.15) is 11.6 Å². The van der Waals surface area contributed by atoms with Crippen LogP contribution in [-0.2, 0) is 9.59 Å². The minimum atomic E-state index is -0.344. The number of nitrogens with one attached hydrogen (secondary N) is 1. The van der Waals surface area contributed by atoms with Crippen LogP contribution in [0.4, 0.5) is 0 Å². The molecule has 1 saturated heterocycles. The van der Waals surface area contributed by atoms with Gasteiger partial charge >= 0.3 is 0 Å². The third-order valence-corrected chi connectivity index (χ3v) is 7.81. The van der Waals surface area contributed by atoms with Crippen LogP contribution in [0.3, 0.4) is 0 Å². The minimum absolute atomic E-state index is 0.00774. The predicted octanol–water partition coefficient (Wildman–Crippen LogP) is 7.11. The summed E-state index contributed by atoms with van der Waals surface area (Å²) in [4.78, 5) is 23.4. The average molecular weight is 453 g/mol. The van der Waals surface area contributed by atoms with E-state index in [2.05, 4.69) is 12.2 Å². The molecule has 0 aliphatic carbocycles. The van der Waals surface area contributed by atoms with E-state index in [0.29, 0.717) is 16.5 Å². The number of unbranched alkanes of at least 4 members (excludes halogenated alkanes) is 15. The molecule has 6 heteroatoms. The molecule has 1 aliphatic heterocycles. The van der Waals surface area contributed by atoms with Gasteiger partial charge in [0.15, 0.2) is 0 Å². The summed E-state index contributed by atoms with van der Waals surface area (Å²) in [6.45, 7) is 2.87. The number of hydrogen-bond donors (Lipinski definition) is 1. The molecule has 4 nitrogen and oxygen atoms in total. The van der Waals surface area contributed by atoms with Gasteiger partial charge in [0.2, 0.25) is 5.12 Å². The molecule has 1 aliphatic rings. The van der Waals surface area contributed by atoms with E-state index in [1.165, 1.54) is 102 Å². The second kappa shape index (κ2) is 18.8. The van der Waals surface area contributed by atoms with Gasteiger partial charge in [-0.25, -0.2) is 0 Å². The summed E-state index contributed by atoms with van der Waals surface area (Å²) in [6.07, 6.45) is 21.2. The molecule has 1 fully saturated rings. The van der Waals surface area contributed by atoms with Crippen LogP contribution >= 0.6 is 23.5 Å². The summed E-state index contributed by atoms with van der Waals surface area (Å²) in [5.74, 6) is 0.000530. The lowest BCUT2D eigenvalue weighted by atomic mass is 10.0. The Morgan fingerprint density at radius 2 is 1.33 bits per heavy atom. The van der Waals surface area contributed by atoms with E-state index in [0.717, 1.165) is 24.6 Å². The van der Waals surface area contributed by atoms with Crippen molar-refractivity contribution in [3.63, 3.8) is 0 Å². The summed E-state index contributed by atoms with van der Waals surface area (Å²) < 4.78 is 0.548. The molecule has 1 N–H and O–H groups in total. The van der Waals surface area contributed by atoms with E-state index in [-0.39, 0.29) is 16.6 Å². The first kappa shape index (κ1) is 27.1. The van der Waals surface area contributed by atoms with Crippen LogP contribution in [0.5, 0.6) is 0 Å². The number of nitriles is 1. The van der Waals surface area contributed by atoms with E-state index in [9.17, 15) is 14.9 Å². The van der Waals surface area contributed by atoms with Crippen molar-refractivity contribution in [2.45, 2.75) is 110 Å². The van der Waals surface area contributed by atoms with Crippen LogP contribution in [0.25, 0.3) is 0 Å². The molecule has 1 amide bonds. The van der Waals surface area contributed by atoms with E-state index >= 15 is 0 Å². The largest absolute Gasteiger partial charge is 0.351 e. The smallest absolute Gasteiger partial charge is 0.263 e. The van der Waals surface area contributed by atoms with Gasteiger partial charge in [-0.05, 0) is 18.2 Å². The zero-order chi connectivity index (χ0) is 21.9. The van der Waals surface area contributed by atoms with Crippen molar-refractivity contribution in [3.8, 4) is 6.07 Å². The summed E-state index contributed by atoms with van der Waals surface area (Å²) in [6, 6.07) is 1.94. The van der Waals surface area contributed by atoms with Gasteiger partial charge < -0.3 is 5.32 Å². The van der Waals surface area contributed by atoms with Crippen LogP contribution in [0, 0.1) is 11.3 Å². The van der Waals surface area contributed by atoms with Crippen molar-refractivity contribution in [2.75, 3.05) is 12.3 Å². The van der Waals surface area contributed by atoms with Crippen LogP contribution in [-0.4, -0.2) is 23.3 Å². The topological polar surface area (TPSA) is 70.0 Å². The van der Waals surface area contributed by atoms with Crippen LogP contribution in [0.15, 0.2) is 9.81 Å². The van der Waals surface area contributed by atoms with Crippen LogP contribution < -0.4 is 5.32 Å². The Balaban J connectivity index is 1.87. The summed E-state index contributed by atoms with van der Waals surface area (Å²) in [7, 11) is 0. The summed E-state index contributed by atoms with van der Waals surface area (Å²) >= 11 is 2.30. The maximum atomic E-state index is 12.1. The lowest BCUT2D eigenvalue weighted by Gasteiger charge is -2.06. The van der Waals surface area contributed by atoms with E-state index in [1.807, 2.05) is 6.07 Å². The quantitative estimate of drug-likeness (QED) is 0.136. The van der Waals surface area contributed by atoms with E-state index in [1.54, 1.807) is 0 Å². The number of thioether (sulfide) groups is 2. The van der Waals surface area contributed by atoms with Gasteiger partial charge in [0, 0.05) is 6.54 Å². The SMILES string of the molecule is CCCCCCCCCCCCCCCCCCNC(=O)/C(C#N)=C1/SCC(=O)S1. The van der Waals surface area contributed by atoms with Gasteiger partial charge in [0.25, 0.3) is 5.91 Å². The second-order valence-corrected chi connectivity index (χ2v) is 10.4. The molecule has 1 rings (SSSR count). The number of nitrogens with zero attached hydrogens (tertiary/aromatic N) is 1. The van der Waals surface area contributed by atoms with Crippen molar-refractivity contribution >= 4 is 34.5 Å². The third-order valence-electron chi connectivity index (χ3n) is 5.39. The average Bonchev–Trinajstić information content (AvgIpc) is 3.16. The molecule has 0 aromatic carbocycles. The first-order valence-corrected chi connectivity index (χ1v) is 13.7. The monoisotopic (exact) mass is 452 g/mol. The molecule has 30 heavy (non-hydrogen) atoms. The van der Waals surface area contributed by atoms with Crippen molar-refractivity contribution in [1.29, 1.82) is 5.26 Å². The molecule has 0 atom stereocenters. The molecule has 0 bridgehead atoms. The van der Waals surface area contributed by atoms with Gasteiger partial charge in [-0.15, -0.1) is 11.8 Å². The normalized spacial score (nSPS) is 15.3. The molecule has 0 unspecified atom stereocenters. The number of carbonyl (C=O) groups is 2. The van der Waals surface area contributed by atoms with E-state index < -0.39 is 0 Å². The number of hydrogen-bond acceptors (Lipinski definition) is 5. The molecule has 1 heterocycles. The lowest BCUT2D eigenvalue weighted by Crippen LogP contribution is -2.26. The molecular weight excluding hydrogens is 412 g/mol. The standard InChI is InChI=1S/C24H40N2O2S2/c1-2-3-4-5-6-7-8-9-10-11-12-13-14-15-16-17-18-26-23(28)21(19-25)24-29-20-22(27)30-24/h2-18,20H2,1H3,(H,26,28)/b24-21-. The Labute approximate surface area is 192 Å². The highest BCUT2D eigenvalue weighted by Crippen LogP contribution is 2.39. The van der Waals surface area contributed by atoms with Crippen molar-refractivity contribution < 1.29 is 9.59 Å². The fourth-order valence-electron chi connectivity index (χ4n) is 3.56. The fraction of sp³-hybridized carbons (Fsp3) is 0.792. The van der Waals surface area contributed by atoms with Gasteiger partial charge in [-0.2, -0.15) is 5.26 Å². The number of carbonyl (C=O) groups excluding carboxylic acids is 2. The Morgan fingerprint density at radius 3 is 1.73 bits per heavy atom. The minimum Gasteiger partial charge on any atom is -0.351 e. The first-order chi connectivity index (χ1) is 14.7. The molecule has 0 aromatic heterocycles. The molecule has 0 saturated carbocycles. The lowest BCUT2D eigenvalue weighted by molar-refractivity contribution is -0.117. The highest BCUT2D eigenvalue weighted by atomic mass is 32.2. The summed E-state index contributed by atoms with van der Waals surface area (Å²) in [5, 5.41) is 12.0. The van der Waals surface area contributed by atoms with E-state index in [4.69, 9.17) is 0 Å². The summed E-state index contributed by atoms with van der Waals surface area (Å²) in [5.41, 5.74) is 0.0901. The van der Waals surface area contributed by atoms with Crippen LogP contribution in [0.1, 0.15) is 110 Å². The van der Waals surface area contributed by atoms with Gasteiger partial charge in [0.05, 0.1) is 9.99 Å².